The molecule has 7 heteroatoms. The molecule has 2 aromatic carbocycles. The standard InChI is InChI=1S/C22H18Cl2N2O3/c1-4-10-29-20-9-6-15(12-21(20)28-5-2)11-17-14(3)25-26(22(17)27)16-7-8-18(23)19(24)13-16/h1,6-9,11-13H,5,10H2,2-3H3. The van der Waals surface area contributed by atoms with E-state index in [0.717, 1.165) is 5.56 Å². The maximum atomic E-state index is 12.9. The summed E-state index contributed by atoms with van der Waals surface area (Å²) in [5.41, 5.74) is 2.37. The molecule has 1 aliphatic heterocycles. The average Bonchev–Trinajstić information content (AvgIpc) is 2.98. The lowest BCUT2D eigenvalue weighted by Crippen LogP contribution is -2.21. The van der Waals surface area contributed by atoms with Gasteiger partial charge in [-0.05, 0) is 55.8 Å². The van der Waals surface area contributed by atoms with Crippen LogP contribution in [0.2, 0.25) is 10.0 Å². The van der Waals surface area contributed by atoms with E-state index in [4.69, 9.17) is 39.1 Å². The molecule has 0 radical (unpaired) electrons. The molecule has 0 aliphatic carbocycles. The zero-order valence-corrected chi connectivity index (χ0v) is 17.4. The SMILES string of the molecule is C#CCOc1ccc(C=C2C(=O)N(c3ccc(Cl)c(Cl)c3)N=C2C)cc1OCC. The smallest absolute Gasteiger partial charge is 0.280 e. The van der Waals surface area contributed by atoms with Gasteiger partial charge in [-0.15, -0.1) is 6.42 Å². The molecule has 1 aliphatic rings. The summed E-state index contributed by atoms with van der Waals surface area (Å²) in [6, 6.07) is 10.3. The summed E-state index contributed by atoms with van der Waals surface area (Å²) >= 11 is 12.0. The van der Waals surface area contributed by atoms with E-state index in [2.05, 4.69) is 11.0 Å². The maximum absolute atomic E-state index is 12.9. The number of anilines is 1. The number of ether oxygens (including phenoxy) is 2. The van der Waals surface area contributed by atoms with Gasteiger partial charge in [0.2, 0.25) is 0 Å². The van der Waals surface area contributed by atoms with Crippen molar-refractivity contribution in [3.05, 3.63) is 57.6 Å². The highest BCUT2D eigenvalue weighted by molar-refractivity contribution is 6.42. The van der Waals surface area contributed by atoms with Crippen LogP contribution < -0.4 is 14.5 Å². The molecule has 29 heavy (non-hydrogen) atoms. The van der Waals surface area contributed by atoms with Crippen molar-refractivity contribution in [2.24, 2.45) is 5.10 Å². The minimum Gasteiger partial charge on any atom is -0.490 e. The van der Waals surface area contributed by atoms with Gasteiger partial charge in [0.25, 0.3) is 5.91 Å². The van der Waals surface area contributed by atoms with Crippen molar-refractivity contribution in [1.82, 2.24) is 0 Å². The predicted octanol–water partition coefficient (Wildman–Crippen LogP) is 5.21. The van der Waals surface area contributed by atoms with Crippen LogP contribution in [-0.2, 0) is 4.79 Å². The fourth-order valence-electron chi connectivity index (χ4n) is 2.76. The lowest BCUT2D eigenvalue weighted by Gasteiger charge is -2.13. The average molecular weight is 429 g/mol. The number of amides is 1. The van der Waals surface area contributed by atoms with E-state index in [9.17, 15) is 4.79 Å². The Labute approximate surface area is 179 Å². The number of terminal acetylenes is 1. The van der Waals surface area contributed by atoms with Crippen LogP contribution in [0.3, 0.4) is 0 Å². The van der Waals surface area contributed by atoms with Crippen LogP contribution in [0, 0.1) is 12.3 Å². The van der Waals surface area contributed by atoms with Crippen molar-refractivity contribution in [2.45, 2.75) is 13.8 Å². The number of hydrogen-bond acceptors (Lipinski definition) is 4. The van der Waals surface area contributed by atoms with Crippen LogP contribution in [0.1, 0.15) is 19.4 Å². The topological polar surface area (TPSA) is 51.1 Å². The van der Waals surface area contributed by atoms with Gasteiger partial charge in [-0.3, -0.25) is 4.79 Å². The zero-order chi connectivity index (χ0) is 21.0. The van der Waals surface area contributed by atoms with Crippen LogP contribution in [-0.4, -0.2) is 24.8 Å². The van der Waals surface area contributed by atoms with Gasteiger partial charge in [0, 0.05) is 0 Å². The van der Waals surface area contributed by atoms with E-state index >= 15 is 0 Å². The first-order chi connectivity index (χ1) is 13.9. The van der Waals surface area contributed by atoms with Crippen molar-refractivity contribution < 1.29 is 14.3 Å². The molecule has 0 unspecified atom stereocenters. The molecule has 0 N–H and O–H groups in total. The molecular formula is C22H18Cl2N2O3. The molecule has 5 nitrogen and oxygen atoms in total. The molecule has 0 saturated carbocycles. The Balaban J connectivity index is 1.91. The number of rotatable bonds is 6. The third kappa shape index (κ3) is 4.56. The molecular weight excluding hydrogens is 411 g/mol. The van der Waals surface area contributed by atoms with Gasteiger partial charge in [0.1, 0.15) is 6.61 Å². The first kappa shape index (κ1) is 20.8. The van der Waals surface area contributed by atoms with Gasteiger partial charge in [-0.25, -0.2) is 0 Å². The maximum Gasteiger partial charge on any atom is 0.280 e. The molecule has 2 aromatic rings. The monoisotopic (exact) mass is 428 g/mol. The van der Waals surface area contributed by atoms with Gasteiger partial charge in [0.05, 0.1) is 33.6 Å². The highest BCUT2D eigenvalue weighted by Gasteiger charge is 2.29. The van der Waals surface area contributed by atoms with E-state index in [1.54, 1.807) is 43.3 Å². The molecule has 1 amide bonds. The van der Waals surface area contributed by atoms with E-state index in [1.807, 2.05) is 13.0 Å². The Hall–Kier alpha value is -2.94. The molecule has 0 spiro atoms. The van der Waals surface area contributed by atoms with Crippen molar-refractivity contribution in [2.75, 3.05) is 18.2 Å². The molecule has 0 atom stereocenters. The quantitative estimate of drug-likeness (QED) is 0.468. The Morgan fingerprint density at radius 1 is 1.14 bits per heavy atom. The highest BCUT2D eigenvalue weighted by Crippen LogP contribution is 2.32. The number of hydrogen-bond donors (Lipinski definition) is 0. The fraction of sp³-hybridized carbons (Fsp3) is 0.182. The van der Waals surface area contributed by atoms with Crippen molar-refractivity contribution >= 4 is 46.6 Å². The zero-order valence-electron chi connectivity index (χ0n) is 15.9. The van der Waals surface area contributed by atoms with E-state index in [-0.39, 0.29) is 12.5 Å². The van der Waals surface area contributed by atoms with E-state index in [1.165, 1.54) is 5.01 Å². The summed E-state index contributed by atoms with van der Waals surface area (Å²) in [4.78, 5) is 12.9. The van der Waals surface area contributed by atoms with Gasteiger partial charge < -0.3 is 9.47 Å². The number of hydrazone groups is 1. The summed E-state index contributed by atoms with van der Waals surface area (Å²) in [6.07, 6.45) is 7.01. The number of benzene rings is 2. The van der Waals surface area contributed by atoms with E-state index < -0.39 is 0 Å². The number of carbonyl (C=O) groups excluding carboxylic acids is 1. The Morgan fingerprint density at radius 3 is 2.62 bits per heavy atom. The summed E-state index contributed by atoms with van der Waals surface area (Å²) in [5.74, 6) is 3.27. The van der Waals surface area contributed by atoms with Crippen molar-refractivity contribution in [3.8, 4) is 23.8 Å². The minimum absolute atomic E-state index is 0.142. The molecule has 148 valence electrons. The number of carbonyl (C=O) groups is 1. The Kier molecular flexibility index (Phi) is 6.48. The molecule has 0 aromatic heterocycles. The normalized spacial score (nSPS) is 14.7. The van der Waals surface area contributed by atoms with Crippen LogP contribution in [0.25, 0.3) is 6.08 Å². The molecule has 1 heterocycles. The van der Waals surface area contributed by atoms with Gasteiger partial charge >= 0.3 is 0 Å². The van der Waals surface area contributed by atoms with Gasteiger partial charge in [-0.1, -0.05) is 35.2 Å². The second kappa shape index (κ2) is 9.04. The largest absolute Gasteiger partial charge is 0.490 e. The number of halogens is 2. The lowest BCUT2D eigenvalue weighted by molar-refractivity contribution is -0.114. The second-order valence-electron chi connectivity index (χ2n) is 6.09. The van der Waals surface area contributed by atoms with Crippen LogP contribution in [0.4, 0.5) is 5.69 Å². The van der Waals surface area contributed by atoms with Gasteiger partial charge in [0.15, 0.2) is 11.5 Å². The minimum atomic E-state index is -0.258. The first-order valence-electron chi connectivity index (χ1n) is 8.84. The molecule has 0 saturated heterocycles. The number of nitrogens with zero attached hydrogens (tertiary/aromatic N) is 2. The van der Waals surface area contributed by atoms with Gasteiger partial charge in [-0.2, -0.15) is 10.1 Å². The highest BCUT2D eigenvalue weighted by atomic mass is 35.5. The van der Waals surface area contributed by atoms with Crippen molar-refractivity contribution in [3.63, 3.8) is 0 Å². The summed E-state index contributed by atoms with van der Waals surface area (Å²) in [5, 5.41) is 6.42. The van der Waals surface area contributed by atoms with E-state index in [0.29, 0.717) is 45.1 Å². The predicted molar refractivity (Wildman–Crippen MR) is 117 cm³/mol. The molecule has 3 rings (SSSR count). The third-order valence-corrected chi connectivity index (χ3v) is 4.84. The van der Waals surface area contributed by atoms with Crippen molar-refractivity contribution in [1.29, 1.82) is 0 Å². The Bertz CT molecular complexity index is 1050. The second-order valence-corrected chi connectivity index (χ2v) is 6.91. The van der Waals surface area contributed by atoms with Crippen LogP contribution >= 0.6 is 23.2 Å². The van der Waals surface area contributed by atoms with Crippen LogP contribution in [0.15, 0.2) is 47.1 Å². The fourth-order valence-corrected chi connectivity index (χ4v) is 3.06. The summed E-state index contributed by atoms with van der Waals surface area (Å²) in [7, 11) is 0. The lowest BCUT2D eigenvalue weighted by atomic mass is 10.1. The first-order valence-corrected chi connectivity index (χ1v) is 9.60. The molecule has 0 fully saturated rings. The van der Waals surface area contributed by atoms with Crippen LogP contribution in [0.5, 0.6) is 11.5 Å². The molecule has 0 bridgehead atoms. The Morgan fingerprint density at radius 2 is 1.93 bits per heavy atom. The third-order valence-electron chi connectivity index (χ3n) is 4.10. The summed E-state index contributed by atoms with van der Waals surface area (Å²) < 4.78 is 11.1. The summed E-state index contributed by atoms with van der Waals surface area (Å²) in [6.45, 7) is 4.26.